The van der Waals surface area contributed by atoms with E-state index in [4.69, 9.17) is 10.5 Å². The molecular formula is C12H11N7. The van der Waals surface area contributed by atoms with Crippen LogP contribution >= 0.6 is 0 Å². The highest BCUT2D eigenvalue weighted by Crippen LogP contribution is 2.10. The van der Waals surface area contributed by atoms with Crippen molar-refractivity contribution in [1.82, 2.24) is 19.5 Å². The molecule has 0 spiro atoms. The summed E-state index contributed by atoms with van der Waals surface area (Å²) >= 11 is 0. The van der Waals surface area contributed by atoms with E-state index in [1.165, 1.54) is 6.33 Å². The number of anilines is 1. The van der Waals surface area contributed by atoms with Gasteiger partial charge >= 0.3 is 0 Å². The highest BCUT2D eigenvalue weighted by atomic mass is 15.1. The second-order valence-electron chi connectivity index (χ2n) is 3.85. The van der Waals surface area contributed by atoms with Crippen molar-refractivity contribution in [2.45, 2.75) is 13.5 Å². The number of rotatable bonds is 3. The zero-order chi connectivity index (χ0) is 13.8. The Labute approximate surface area is 110 Å². The van der Waals surface area contributed by atoms with E-state index in [0.29, 0.717) is 18.2 Å². The summed E-state index contributed by atoms with van der Waals surface area (Å²) in [6, 6.07) is 5.67. The van der Waals surface area contributed by atoms with Crippen LogP contribution in [0.5, 0.6) is 0 Å². The van der Waals surface area contributed by atoms with Gasteiger partial charge in [0.2, 0.25) is 0 Å². The average Bonchev–Trinajstić information content (AvgIpc) is 2.79. The van der Waals surface area contributed by atoms with Crippen LogP contribution in [0.1, 0.15) is 22.9 Å². The van der Waals surface area contributed by atoms with Crippen molar-refractivity contribution in [1.29, 1.82) is 10.5 Å². The molecule has 0 fully saturated rings. The van der Waals surface area contributed by atoms with Crippen LogP contribution in [-0.4, -0.2) is 26.6 Å². The average molecular weight is 253 g/mol. The summed E-state index contributed by atoms with van der Waals surface area (Å²) in [6.07, 6.45) is 1.45. The molecule has 2 aromatic rings. The maximum Gasteiger partial charge on any atom is 0.176 e. The molecule has 0 unspecified atom stereocenters. The van der Waals surface area contributed by atoms with Crippen molar-refractivity contribution in [2.24, 2.45) is 0 Å². The van der Waals surface area contributed by atoms with E-state index < -0.39 is 0 Å². The minimum atomic E-state index is 0.115. The van der Waals surface area contributed by atoms with Crippen LogP contribution in [0, 0.1) is 29.6 Å². The molecule has 0 aliphatic rings. The largest absolute Gasteiger partial charge is 0.373 e. The third kappa shape index (κ3) is 2.50. The normalized spacial score (nSPS) is 9.68. The maximum absolute atomic E-state index is 9.04. The summed E-state index contributed by atoms with van der Waals surface area (Å²) in [5.41, 5.74) is 1.16. The molecule has 0 saturated carbocycles. The molecule has 2 rings (SSSR count). The molecule has 2 aromatic heterocycles. The summed E-state index contributed by atoms with van der Waals surface area (Å²) < 4.78 is 1.56. The lowest BCUT2D eigenvalue weighted by Crippen LogP contribution is -2.08. The van der Waals surface area contributed by atoms with E-state index >= 15 is 0 Å². The fourth-order valence-corrected chi connectivity index (χ4v) is 1.68. The van der Waals surface area contributed by atoms with E-state index in [2.05, 4.69) is 20.3 Å². The lowest BCUT2D eigenvalue weighted by Gasteiger charge is -2.06. The third-order valence-electron chi connectivity index (χ3n) is 2.52. The predicted molar refractivity (Wildman–Crippen MR) is 67.1 cm³/mol. The van der Waals surface area contributed by atoms with Crippen molar-refractivity contribution < 1.29 is 0 Å². The van der Waals surface area contributed by atoms with Crippen LogP contribution in [0.3, 0.4) is 0 Å². The van der Waals surface area contributed by atoms with Gasteiger partial charge in [-0.1, -0.05) is 0 Å². The summed E-state index contributed by atoms with van der Waals surface area (Å²) in [5.74, 6) is 1.27. The molecule has 1 N–H and O–H groups in total. The highest BCUT2D eigenvalue weighted by molar-refractivity contribution is 5.37. The standard InChI is InChI=1S/C12H11N7/c1-8-3-11(15-2)18-12(17-8)6-19-7-16-9(4-13)10(19)5-14/h3,7H,6H2,1-2H3,(H,15,17,18). The summed E-state index contributed by atoms with van der Waals surface area (Å²) in [7, 11) is 1.78. The Hall–Kier alpha value is -2.93. The molecule has 0 amide bonds. The number of hydrogen-bond donors (Lipinski definition) is 1. The molecule has 0 radical (unpaired) electrons. The number of nitrogens with one attached hydrogen (secondary N) is 1. The summed E-state index contributed by atoms with van der Waals surface area (Å²) in [5, 5.41) is 20.8. The lowest BCUT2D eigenvalue weighted by atomic mass is 10.3. The van der Waals surface area contributed by atoms with Gasteiger partial charge in [-0.3, -0.25) is 0 Å². The molecule has 0 bridgehead atoms. The van der Waals surface area contributed by atoms with Gasteiger partial charge in [-0.15, -0.1) is 0 Å². The van der Waals surface area contributed by atoms with Crippen LogP contribution in [0.4, 0.5) is 5.82 Å². The highest BCUT2D eigenvalue weighted by Gasteiger charge is 2.11. The molecule has 2 heterocycles. The first-order valence-corrected chi connectivity index (χ1v) is 5.55. The Kier molecular flexibility index (Phi) is 3.39. The molecule has 0 aliphatic heterocycles. The zero-order valence-corrected chi connectivity index (χ0v) is 10.5. The van der Waals surface area contributed by atoms with Crippen molar-refractivity contribution >= 4 is 5.82 Å². The van der Waals surface area contributed by atoms with Crippen molar-refractivity contribution in [2.75, 3.05) is 12.4 Å². The zero-order valence-electron chi connectivity index (χ0n) is 10.5. The first kappa shape index (κ1) is 12.5. The molecule has 7 heteroatoms. The van der Waals surface area contributed by atoms with Gasteiger partial charge in [-0.05, 0) is 6.92 Å². The minimum Gasteiger partial charge on any atom is -0.373 e. The topological polar surface area (TPSA) is 103 Å². The van der Waals surface area contributed by atoms with Crippen LogP contribution in [-0.2, 0) is 6.54 Å². The number of aromatic nitrogens is 4. The molecule has 0 aliphatic carbocycles. The maximum atomic E-state index is 9.04. The molecule has 0 saturated heterocycles. The van der Waals surface area contributed by atoms with Crippen molar-refractivity contribution in [3.8, 4) is 12.1 Å². The summed E-state index contributed by atoms with van der Waals surface area (Å²) in [4.78, 5) is 12.5. The first-order chi connectivity index (χ1) is 9.17. The number of nitrogens with zero attached hydrogens (tertiary/aromatic N) is 6. The second-order valence-corrected chi connectivity index (χ2v) is 3.85. The van der Waals surface area contributed by atoms with E-state index in [-0.39, 0.29) is 11.4 Å². The monoisotopic (exact) mass is 253 g/mol. The van der Waals surface area contributed by atoms with Gasteiger partial charge in [-0.25, -0.2) is 15.0 Å². The smallest absolute Gasteiger partial charge is 0.176 e. The number of hydrogen-bond acceptors (Lipinski definition) is 6. The van der Waals surface area contributed by atoms with Gasteiger partial charge in [0, 0.05) is 18.8 Å². The van der Waals surface area contributed by atoms with E-state index in [1.807, 2.05) is 25.1 Å². The van der Waals surface area contributed by atoms with Crippen molar-refractivity contribution in [3.05, 3.63) is 35.3 Å². The first-order valence-electron chi connectivity index (χ1n) is 5.55. The second kappa shape index (κ2) is 5.15. The molecular weight excluding hydrogens is 242 g/mol. The summed E-state index contributed by atoms with van der Waals surface area (Å²) in [6.45, 7) is 2.17. The fraction of sp³-hybridized carbons (Fsp3) is 0.250. The van der Waals surface area contributed by atoms with Crippen LogP contribution in [0.2, 0.25) is 0 Å². The van der Waals surface area contributed by atoms with Gasteiger partial charge in [0.25, 0.3) is 0 Å². The Balaban J connectivity index is 2.37. The molecule has 0 atom stereocenters. The van der Waals surface area contributed by atoms with Gasteiger partial charge in [0.05, 0.1) is 12.9 Å². The van der Waals surface area contributed by atoms with E-state index in [1.54, 1.807) is 11.6 Å². The Bertz CT molecular complexity index is 687. The Morgan fingerprint density at radius 1 is 1.32 bits per heavy atom. The number of aryl methyl sites for hydroxylation is 1. The predicted octanol–water partition coefficient (Wildman–Crippen LogP) is 0.815. The Morgan fingerprint density at radius 2 is 2.11 bits per heavy atom. The molecule has 94 valence electrons. The number of imidazole rings is 1. The Morgan fingerprint density at radius 3 is 2.74 bits per heavy atom. The van der Waals surface area contributed by atoms with Gasteiger partial charge in [-0.2, -0.15) is 10.5 Å². The molecule has 0 aromatic carbocycles. The fourth-order valence-electron chi connectivity index (χ4n) is 1.68. The van der Waals surface area contributed by atoms with Gasteiger partial charge < -0.3 is 9.88 Å². The SMILES string of the molecule is CNc1cc(C)nc(Cn2cnc(C#N)c2C#N)n1. The number of nitriles is 2. The van der Waals surface area contributed by atoms with Gasteiger partial charge in [0.1, 0.15) is 18.0 Å². The van der Waals surface area contributed by atoms with E-state index in [0.717, 1.165) is 5.69 Å². The van der Waals surface area contributed by atoms with Crippen LogP contribution in [0.15, 0.2) is 12.4 Å². The van der Waals surface area contributed by atoms with Crippen LogP contribution in [0.25, 0.3) is 0 Å². The van der Waals surface area contributed by atoms with E-state index in [9.17, 15) is 0 Å². The lowest BCUT2D eigenvalue weighted by molar-refractivity contribution is 0.731. The van der Waals surface area contributed by atoms with Gasteiger partial charge in [0.15, 0.2) is 17.2 Å². The molecule has 7 nitrogen and oxygen atoms in total. The van der Waals surface area contributed by atoms with Crippen molar-refractivity contribution in [3.63, 3.8) is 0 Å². The molecule has 19 heavy (non-hydrogen) atoms. The minimum absolute atomic E-state index is 0.115. The quantitative estimate of drug-likeness (QED) is 0.868. The van der Waals surface area contributed by atoms with Crippen LogP contribution < -0.4 is 5.32 Å². The third-order valence-corrected chi connectivity index (χ3v) is 2.52.